The van der Waals surface area contributed by atoms with Crippen LogP contribution < -0.4 is 15.8 Å². The van der Waals surface area contributed by atoms with E-state index in [1.54, 1.807) is 24.3 Å². The first-order valence-corrected chi connectivity index (χ1v) is 6.17. The van der Waals surface area contributed by atoms with Gasteiger partial charge in [-0.25, -0.2) is 0 Å². The summed E-state index contributed by atoms with van der Waals surface area (Å²) in [6.45, 7) is 0. The molecule has 0 aromatic heterocycles. The second-order valence-electron chi connectivity index (χ2n) is 4.63. The molecule has 0 aliphatic carbocycles. The standard InChI is InChI=1S/C14H11N3O4/c15-9-2-1-3-10(6-9)21-13-7-11-8(5-14(18)16-11)4-12(13)17(19)20/h1-4,6-7H,5,15H2,(H,16,18). The number of hydrogen-bond donors (Lipinski definition) is 2. The number of carbonyl (C=O) groups excluding carboxylic acids is 1. The number of nitrogens with zero attached hydrogens (tertiary/aromatic N) is 1. The molecule has 2 aromatic carbocycles. The maximum Gasteiger partial charge on any atom is 0.312 e. The molecule has 2 aromatic rings. The van der Waals surface area contributed by atoms with Gasteiger partial charge in [0.25, 0.3) is 0 Å². The van der Waals surface area contributed by atoms with Crippen molar-refractivity contribution in [3.63, 3.8) is 0 Å². The first kappa shape index (κ1) is 12.9. The molecule has 3 N–H and O–H groups in total. The molecule has 106 valence electrons. The number of hydrogen-bond acceptors (Lipinski definition) is 5. The molecule has 0 spiro atoms. The van der Waals surface area contributed by atoms with Crippen LogP contribution in [0.1, 0.15) is 5.56 Å². The number of nitro groups is 1. The lowest BCUT2D eigenvalue weighted by molar-refractivity contribution is -0.385. The van der Waals surface area contributed by atoms with Gasteiger partial charge in [-0.15, -0.1) is 0 Å². The summed E-state index contributed by atoms with van der Waals surface area (Å²) in [7, 11) is 0. The van der Waals surface area contributed by atoms with Gasteiger partial charge in [-0.1, -0.05) is 6.07 Å². The van der Waals surface area contributed by atoms with E-state index in [0.717, 1.165) is 0 Å². The number of rotatable bonds is 3. The predicted molar refractivity (Wildman–Crippen MR) is 76.4 cm³/mol. The number of ether oxygens (including phenoxy) is 1. The lowest BCUT2D eigenvalue weighted by Gasteiger charge is -2.08. The van der Waals surface area contributed by atoms with Crippen molar-refractivity contribution in [2.24, 2.45) is 0 Å². The van der Waals surface area contributed by atoms with Gasteiger partial charge in [-0.3, -0.25) is 14.9 Å². The van der Waals surface area contributed by atoms with Crippen LogP contribution in [0.3, 0.4) is 0 Å². The second kappa shape index (κ2) is 4.78. The van der Waals surface area contributed by atoms with E-state index < -0.39 is 4.92 Å². The fourth-order valence-electron chi connectivity index (χ4n) is 2.17. The minimum absolute atomic E-state index is 0.0616. The van der Waals surface area contributed by atoms with Gasteiger partial charge in [0, 0.05) is 29.6 Å². The molecule has 0 radical (unpaired) electrons. The average Bonchev–Trinajstić information content (AvgIpc) is 2.76. The summed E-state index contributed by atoms with van der Waals surface area (Å²) in [5, 5.41) is 13.8. The third-order valence-electron chi connectivity index (χ3n) is 3.09. The summed E-state index contributed by atoms with van der Waals surface area (Å²) in [6.07, 6.45) is 0.134. The first-order valence-electron chi connectivity index (χ1n) is 6.17. The Morgan fingerprint density at radius 1 is 1.29 bits per heavy atom. The van der Waals surface area contributed by atoms with Gasteiger partial charge in [0.2, 0.25) is 11.7 Å². The van der Waals surface area contributed by atoms with Crippen LogP contribution in [0.4, 0.5) is 17.1 Å². The fraction of sp³-hybridized carbons (Fsp3) is 0.0714. The Morgan fingerprint density at radius 3 is 2.81 bits per heavy atom. The summed E-state index contributed by atoms with van der Waals surface area (Å²) in [5.74, 6) is 0.259. The van der Waals surface area contributed by atoms with E-state index in [-0.39, 0.29) is 23.8 Å². The molecule has 3 rings (SSSR count). The minimum atomic E-state index is -0.537. The third-order valence-corrected chi connectivity index (χ3v) is 3.09. The molecule has 1 aliphatic rings. The first-order chi connectivity index (χ1) is 10.0. The van der Waals surface area contributed by atoms with Crippen molar-refractivity contribution in [3.05, 3.63) is 52.1 Å². The van der Waals surface area contributed by atoms with E-state index in [2.05, 4.69) is 5.32 Å². The average molecular weight is 285 g/mol. The van der Waals surface area contributed by atoms with Gasteiger partial charge in [-0.2, -0.15) is 0 Å². The lowest BCUT2D eigenvalue weighted by atomic mass is 10.1. The summed E-state index contributed by atoms with van der Waals surface area (Å²) >= 11 is 0. The van der Waals surface area contributed by atoms with Crippen LogP contribution in [0.25, 0.3) is 0 Å². The Hall–Kier alpha value is -3.09. The highest BCUT2D eigenvalue weighted by Gasteiger charge is 2.25. The summed E-state index contributed by atoms with van der Waals surface area (Å²) in [6, 6.07) is 9.40. The molecule has 7 heteroatoms. The molecule has 1 aliphatic heterocycles. The van der Waals surface area contributed by atoms with Crippen LogP contribution in [0.15, 0.2) is 36.4 Å². The van der Waals surface area contributed by atoms with Gasteiger partial charge < -0.3 is 15.8 Å². The molecule has 1 heterocycles. The smallest absolute Gasteiger partial charge is 0.312 e. The number of amides is 1. The van der Waals surface area contributed by atoms with Crippen molar-refractivity contribution >= 4 is 23.0 Å². The molecular formula is C14H11N3O4. The summed E-state index contributed by atoms with van der Waals surface area (Å²) in [5.41, 5.74) is 7.07. The lowest BCUT2D eigenvalue weighted by Crippen LogP contribution is -2.03. The summed E-state index contributed by atoms with van der Waals surface area (Å²) < 4.78 is 5.54. The van der Waals surface area contributed by atoms with E-state index in [1.807, 2.05) is 0 Å². The summed E-state index contributed by atoms with van der Waals surface area (Å²) in [4.78, 5) is 22.0. The van der Waals surface area contributed by atoms with Crippen molar-refractivity contribution in [2.75, 3.05) is 11.1 Å². The third kappa shape index (κ3) is 2.48. The highest BCUT2D eigenvalue weighted by molar-refractivity contribution is 5.99. The molecule has 0 unspecified atom stereocenters. The van der Waals surface area contributed by atoms with Gasteiger partial charge in [0.05, 0.1) is 11.3 Å². The molecule has 0 saturated carbocycles. The molecule has 0 fully saturated rings. The topological polar surface area (TPSA) is 107 Å². The molecular weight excluding hydrogens is 274 g/mol. The Labute approximate surface area is 119 Å². The van der Waals surface area contributed by atoms with Gasteiger partial charge in [0.15, 0.2) is 0 Å². The number of anilines is 2. The number of fused-ring (bicyclic) bond motifs is 1. The highest BCUT2D eigenvalue weighted by atomic mass is 16.6. The Balaban J connectivity index is 2.03. The van der Waals surface area contributed by atoms with Crippen LogP contribution in [0, 0.1) is 10.1 Å². The minimum Gasteiger partial charge on any atom is -0.450 e. The molecule has 0 saturated heterocycles. The number of nitrogens with two attached hydrogens (primary N) is 1. The number of nitrogens with one attached hydrogen (secondary N) is 1. The van der Waals surface area contributed by atoms with Crippen LogP contribution in [-0.4, -0.2) is 10.8 Å². The SMILES string of the molecule is Nc1cccc(Oc2cc3c(cc2[N+](=O)[O-])CC(=O)N3)c1. The van der Waals surface area contributed by atoms with Crippen LogP contribution in [0.2, 0.25) is 0 Å². The molecule has 0 atom stereocenters. The van der Waals surface area contributed by atoms with Crippen molar-refractivity contribution in [3.8, 4) is 11.5 Å². The second-order valence-corrected chi connectivity index (χ2v) is 4.63. The van der Waals surface area contributed by atoms with Crippen molar-refractivity contribution in [1.29, 1.82) is 0 Å². The number of carbonyl (C=O) groups is 1. The largest absolute Gasteiger partial charge is 0.450 e. The number of nitrogen functional groups attached to an aromatic ring is 1. The molecule has 0 bridgehead atoms. The van der Waals surface area contributed by atoms with Crippen molar-refractivity contribution in [2.45, 2.75) is 6.42 Å². The quantitative estimate of drug-likeness (QED) is 0.511. The zero-order valence-electron chi connectivity index (χ0n) is 10.8. The van der Waals surface area contributed by atoms with Crippen LogP contribution >= 0.6 is 0 Å². The van der Waals surface area contributed by atoms with E-state index >= 15 is 0 Å². The van der Waals surface area contributed by atoms with Crippen molar-refractivity contribution in [1.82, 2.24) is 0 Å². The van der Waals surface area contributed by atoms with Crippen LogP contribution in [0.5, 0.6) is 11.5 Å². The maximum atomic E-state index is 11.4. The fourth-order valence-corrected chi connectivity index (χ4v) is 2.17. The maximum absolute atomic E-state index is 11.4. The van der Waals surface area contributed by atoms with E-state index in [0.29, 0.717) is 22.7 Å². The monoisotopic (exact) mass is 285 g/mol. The molecule has 7 nitrogen and oxygen atoms in total. The number of nitro benzene ring substituents is 1. The van der Waals surface area contributed by atoms with Crippen LogP contribution in [-0.2, 0) is 11.2 Å². The van der Waals surface area contributed by atoms with E-state index in [1.165, 1.54) is 12.1 Å². The van der Waals surface area contributed by atoms with Gasteiger partial charge >= 0.3 is 5.69 Å². The number of benzene rings is 2. The van der Waals surface area contributed by atoms with E-state index in [9.17, 15) is 14.9 Å². The predicted octanol–water partition coefficient (Wildman–Crippen LogP) is 2.46. The Bertz CT molecular complexity index is 758. The molecule has 1 amide bonds. The zero-order chi connectivity index (χ0) is 15.0. The Morgan fingerprint density at radius 2 is 2.10 bits per heavy atom. The Kier molecular flexibility index (Phi) is 2.94. The van der Waals surface area contributed by atoms with Gasteiger partial charge in [-0.05, 0) is 17.7 Å². The zero-order valence-corrected chi connectivity index (χ0v) is 10.8. The van der Waals surface area contributed by atoms with Crippen molar-refractivity contribution < 1.29 is 14.5 Å². The molecule has 21 heavy (non-hydrogen) atoms. The highest BCUT2D eigenvalue weighted by Crippen LogP contribution is 2.38. The van der Waals surface area contributed by atoms with Gasteiger partial charge in [0.1, 0.15) is 5.75 Å². The van der Waals surface area contributed by atoms with E-state index in [4.69, 9.17) is 10.5 Å². The normalized spacial score (nSPS) is 12.7.